The van der Waals surface area contributed by atoms with Crippen molar-refractivity contribution in [3.05, 3.63) is 113 Å². The van der Waals surface area contributed by atoms with E-state index in [0.29, 0.717) is 17.3 Å². The number of halogens is 3. The van der Waals surface area contributed by atoms with Crippen LogP contribution in [0, 0.1) is 20.8 Å². The van der Waals surface area contributed by atoms with E-state index >= 15 is 0 Å². The predicted molar refractivity (Wildman–Crippen MR) is 155 cm³/mol. The monoisotopic (exact) mass is 617 g/mol. The van der Waals surface area contributed by atoms with Crippen molar-refractivity contribution in [1.82, 2.24) is 0 Å². The maximum Gasteiger partial charge on any atom is 0.416 e. The Morgan fingerprint density at radius 1 is 0.667 bits per heavy atom. The molecule has 4 rings (SSSR count). The summed E-state index contributed by atoms with van der Waals surface area (Å²) in [5, 5.41) is 2.58. The Balaban J connectivity index is 1.50. The summed E-state index contributed by atoms with van der Waals surface area (Å²) in [5.74, 6) is -0.643. The SMILES string of the molecule is Cc1cc(C)cc(NS(=O)(=O)c2cc(C(=O)Nc3ccc(S(=O)(=O)Nc4cccc(C(F)(F)F)c4)cc3)ccc2C)c1. The van der Waals surface area contributed by atoms with Crippen LogP contribution < -0.4 is 14.8 Å². The molecule has 3 N–H and O–H groups in total. The Labute approximate surface area is 241 Å². The second-order valence-corrected chi connectivity index (χ2v) is 13.0. The highest BCUT2D eigenvalue weighted by molar-refractivity contribution is 7.93. The van der Waals surface area contributed by atoms with Crippen LogP contribution in [0.15, 0.2) is 94.7 Å². The maximum absolute atomic E-state index is 13.1. The fraction of sp³-hybridized carbons (Fsp3) is 0.138. The minimum Gasteiger partial charge on any atom is -0.322 e. The smallest absolute Gasteiger partial charge is 0.322 e. The first kappa shape index (κ1) is 30.6. The molecule has 0 aliphatic carbocycles. The molecule has 0 aliphatic heterocycles. The number of aryl methyl sites for hydroxylation is 3. The molecular formula is C29H26F3N3O5S2. The Morgan fingerprint density at radius 3 is 1.90 bits per heavy atom. The topological polar surface area (TPSA) is 121 Å². The zero-order chi connectivity index (χ0) is 30.9. The van der Waals surface area contributed by atoms with E-state index in [1.54, 1.807) is 19.1 Å². The fourth-order valence-corrected chi connectivity index (χ4v) is 6.53. The van der Waals surface area contributed by atoms with Crippen molar-refractivity contribution in [3.8, 4) is 0 Å². The average molecular weight is 618 g/mol. The number of hydrogen-bond donors (Lipinski definition) is 3. The quantitative estimate of drug-likeness (QED) is 0.209. The van der Waals surface area contributed by atoms with Gasteiger partial charge in [0.1, 0.15) is 0 Å². The van der Waals surface area contributed by atoms with Crippen LogP contribution in [0.1, 0.15) is 32.6 Å². The summed E-state index contributed by atoms with van der Waals surface area (Å²) in [4.78, 5) is 12.6. The number of sulfonamides is 2. The van der Waals surface area contributed by atoms with Crippen LogP contribution in [0.2, 0.25) is 0 Å². The van der Waals surface area contributed by atoms with Crippen molar-refractivity contribution < 1.29 is 34.8 Å². The van der Waals surface area contributed by atoms with Gasteiger partial charge in [-0.15, -0.1) is 0 Å². The van der Waals surface area contributed by atoms with Gasteiger partial charge in [-0.3, -0.25) is 14.2 Å². The van der Waals surface area contributed by atoms with Crippen molar-refractivity contribution in [2.24, 2.45) is 0 Å². The highest BCUT2D eigenvalue weighted by atomic mass is 32.2. The van der Waals surface area contributed by atoms with E-state index in [1.165, 1.54) is 48.5 Å². The third kappa shape index (κ3) is 7.28. The zero-order valence-corrected chi connectivity index (χ0v) is 24.2. The number of anilines is 3. The van der Waals surface area contributed by atoms with Gasteiger partial charge in [0.15, 0.2) is 0 Å². The van der Waals surface area contributed by atoms with Gasteiger partial charge < -0.3 is 5.32 Å². The van der Waals surface area contributed by atoms with Gasteiger partial charge in [-0.25, -0.2) is 16.8 Å². The van der Waals surface area contributed by atoms with Gasteiger partial charge in [-0.2, -0.15) is 13.2 Å². The molecule has 4 aromatic rings. The Morgan fingerprint density at radius 2 is 1.29 bits per heavy atom. The Kier molecular flexibility index (Phi) is 8.37. The number of hydrogen-bond acceptors (Lipinski definition) is 5. The third-order valence-electron chi connectivity index (χ3n) is 6.08. The highest BCUT2D eigenvalue weighted by Crippen LogP contribution is 2.31. The first-order chi connectivity index (χ1) is 19.5. The third-order valence-corrected chi connectivity index (χ3v) is 9.00. The Bertz CT molecular complexity index is 1850. The minimum atomic E-state index is -4.64. The average Bonchev–Trinajstić information content (AvgIpc) is 2.87. The lowest BCUT2D eigenvalue weighted by Crippen LogP contribution is -2.17. The van der Waals surface area contributed by atoms with E-state index in [9.17, 15) is 34.8 Å². The summed E-state index contributed by atoms with van der Waals surface area (Å²) < 4.78 is 95.3. The number of benzene rings is 4. The standard InChI is InChI=1S/C29H26F3N3O5S2/c1-18-13-19(2)15-25(14-18)35-42(39,40)27-16-21(8-7-20(27)3)28(36)33-23-9-11-26(12-10-23)41(37,38)34-24-6-4-5-22(17-24)29(30,31)32/h4-17,34-35H,1-3H3,(H,33,36). The van der Waals surface area contributed by atoms with E-state index in [1.807, 2.05) is 19.9 Å². The molecule has 0 bridgehead atoms. The molecule has 4 aromatic carbocycles. The second-order valence-electron chi connectivity index (χ2n) is 9.62. The molecule has 0 radical (unpaired) electrons. The van der Waals surface area contributed by atoms with Crippen LogP contribution in [-0.2, 0) is 26.2 Å². The summed E-state index contributed by atoms with van der Waals surface area (Å²) in [7, 11) is -8.27. The second kappa shape index (κ2) is 11.5. The van der Waals surface area contributed by atoms with Crippen molar-refractivity contribution in [2.75, 3.05) is 14.8 Å². The lowest BCUT2D eigenvalue weighted by molar-refractivity contribution is -0.137. The van der Waals surface area contributed by atoms with Crippen molar-refractivity contribution in [3.63, 3.8) is 0 Å². The largest absolute Gasteiger partial charge is 0.416 e. The predicted octanol–water partition coefficient (Wildman–Crippen LogP) is 6.48. The Hall–Kier alpha value is -4.36. The van der Waals surface area contributed by atoms with E-state index in [-0.39, 0.29) is 26.7 Å². The summed E-state index contributed by atoms with van der Waals surface area (Å²) in [6.07, 6.45) is -4.64. The van der Waals surface area contributed by atoms with Crippen molar-refractivity contribution >= 4 is 43.0 Å². The van der Waals surface area contributed by atoms with E-state index in [4.69, 9.17) is 0 Å². The van der Waals surface area contributed by atoms with Gasteiger partial charge in [0.2, 0.25) is 0 Å². The molecule has 0 saturated heterocycles. The fourth-order valence-electron chi connectivity index (χ4n) is 4.17. The molecule has 220 valence electrons. The molecule has 0 spiro atoms. The van der Waals surface area contributed by atoms with Gasteiger partial charge in [-0.1, -0.05) is 18.2 Å². The molecule has 42 heavy (non-hydrogen) atoms. The summed E-state index contributed by atoms with van der Waals surface area (Å²) >= 11 is 0. The first-order valence-electron chi connectivity index (χ1n) is 12.4. The normalized spacial score (nSPS) is 12.0. The van der Waals surface area contributed by atoms with Crippen LogP contribution >= 0.6 is 0 Å². The molecule has 0 unspecified atom stereocenters. The molecule has 1 amide bonds. The van der Waals surface area contributed by atoms with E-state index in [2.05, 4.69) is 14.8 Å². The van der Waals surface area contributed by atoms with Gasteiger partial charge in [0, 0.05) is 22.6 Å². The number of amides is 1. The molecule has 0 fully saturated rings. The van der Waals surface area contributed by atoms with Crippen LogP contribution in [0.25, 0.3) is 0 Å². The molecule has 0 aliphatic rings. The zero-order valence-electron chi connectivity index (χ0n) is 22.6. The maximum atomic E-state index is 13.1. The van der Waals surface area contributed by atoms with Crippen LogP contribution in [0.4, 0.5) is 30.2 Å². The van der Waals surface area contributed by atoms with E-state index in [0.717, 1.165) is 23.3 Å². The molecular weight excluding hydrogens is 591 g/mol. The number of carbonyl (C=O) groups excluding carboxylic acids is 1. The number of carbonyl (C=O) groups is 1. The van der Waals surface area contributed by atoms with Crippen LogP contribution in [0.3, 0.4) is 0 Å². The van der Waals surface area contributed by atoms with E-state index < -0.39 is 37.7 Å². The summed E-state index contributed by atoms with van der Waals surface area (Å²) in [5.41, 5.74) is 1.55. The van der Waals surface area contributed by atoms with Gasteiger partial charge in [0.25, 0.3) is 26.0 Å². The number of nitrogens with one attached hydrogen (secondary N) is 3. The minimum absolute atomic E-state index is 0.0457. The van der Waals surface area contributed by atoms with Crippen molar-refractivity contribution in [2.45, 2.75) is 36.7 Å². The summed E-state index contributed by atoms with van der Waals surface area (Å²) in [6, 6.07) is 18.2. The lowest BCUT2D eigenvalue weighted by Gasteiger charge is -2.13. The highest BCUT2D eigenvalue weighted by Gasteiger charge is 2.30. The molecule has 0 heterocycles. The molecule has 0 aromatic heterocycles. The van der Waals surface area contributed by atoms with Crippen LogP contribution in [-0.4, -0.2) is 22.7 Å². The number of alkyl halides is 3. The van der Waals surface area contributed by atoms with Gasteiger partial charge in [0.05, 0.1) is 15.4 Å². The molecule has 0 atom stereocenters. The molecule has 0 saturated carbocycles. The summed E-state index contributed by atoms with van der Waals surface area (Å²) in [6.45, 7) is 5.29. The van der Waals surface area contributed by atoms with Crippen molar-refractivity contribution in [1.29, 1.82) is 0 Å². The van der Waals surface area contributed by atoms with Crippen LogP contribution in [0.5, 0.6) is 0 Å². The first-order valence-corrected chi connectivity index (χ1v) is 15.3. The lowest BCUT2D eigenvalue weighted by atomic mass is 10.1. The van der Waals surface area contributed by atoms with Gasteiger partial charge in [-0.05, 0) is 104 Å². The molecule has 13 heteroatoms. The van der Waals surface area contributed by atoms with Gasteiger partial charge >= 0.3 is 6.18 Å². The number of rotatable bonds is 8. The molecule has 8 nitrogen and oxygen atoms in total.